The summed E-state index contributed by atoms with van der Waals surface area (Å²) in [6.45, 7) is 6.05. The van der Waals surface area contributed by atoms with Crippen molar-refractivity contribution in [3.05, 3.63) is 16.1 Å². The number of carbonyl (C=O) groups excluding carboxylic acids is 1. The van der Waals surface area contributed by atoms with Crippen LogP contribution < -0.4 is 0 Å². The molecule has 0 saturated carbocycles. The molecule has 1 heterocycles. The molecule has 1 rings (SSSR count). The van der Waals surface area contributed by atoms with E-state index in [2.05, 4.69) is 4.98 Å². The Morgan fingerprint density at radius 1 is 1.47 bits per heavy atom. The van der Waals surface area contributed by atoms with Gasteiger partial charge in [-0.25, -0.2) is 4.98 Å². The molecule has 0 saturated heterocycles. The van der Waals surface area contributed by atoms with Crippen LogP contribution in [0.15, 0.2) is 5.38 Å². The second kappa shape index (κ2) is 7.23. The van der Waals surface area contributed by atoms with E-state index in [1.54, 1.807) is 16.2 Å². The van der Waals surface area contributed by atoms with Gasteiger partial charge in [-0.1, -0.05) is 6.92 Å². The lowest BCUT2D eigenvalue weighted by molar-refractivity contribution is -0.139. The number of carboxylic acid groups (broad SMARTS) is 1. The molecule has 0 atom stereocenters. The molecule has 1 N–H and O–H groups in total. The molecule has 6 heteroatoms. The summed E-state index contributed by atoms with van der Waals surface area (Å²) >= 11 is 1.55. The van der Waals surface area contributed by atoms with Crippen LogP contribution >= 0.6 is 11.3 Å². The van der Waals surface area contributed by atoms with Crippen molar-refractivity contribution in [3.63, 3.8) is 0 Å². The summed E-state index contributed by atoms with van der Waals surface area (Å²) in [7, 11) is 0. The van der Waals surface area contributed by atoms with Gasteiger partial charge in [0, 0.05) is 18.0 Å². The van der Waals surface area contributed by atoms with Crippen LogP contribution in [0.3, 0.4) is 0 Å². The van der Waals surface area contributed by atoms with Crippen molar-refractivity contribution in [2.45, 2.75) is 46.1 Å². The number of aliphatic carboxylic acids is 1. The number of aromatic nitrogens is 1. The highest BCUT2D eigenvalue weighted by atomic mass is 32.1. The van der Waals surface area contributed by atoms with E-state index in [9.17, 15) is 9.59 Å². The van der Waals surface area contributed by atoms with Crippen molar-refractivity contribution in [2.75, 3.05) is 6.54 Å². The molecule has 0 aliphatic heterocycles. The molecule has 19 heavy (non-hydrogen) atoms. The van der Waals surface area contributed by atoms with Crippen molar-refractivity contribution in [1.29, 1.82) is 0 Å². The van der Waals surface area contributed by atoms with Gasteiger partial charge in [-0.05, 0) is 20.3 Å². The van der Waals surface area contributed by atoms with E-state index in [-0.39, 0.29) is 31.3 Å². The third kappa shape index (κ3) is 4.98. The Bertz CT molecular complexity index is 443. The normalized spacial score (nSPS) is 10.7. The highest BCUT2D eigenvalue weighted by Gasteiger charge is 2.19. The van der Waals surface area contributed by atoms with Crippen LogP contribution in [-0.2, 0) is 22.4 Å². The molecule has 106 valence electrons. The molecule has 5 nitrogen and oxygen atoms in total. The van der Waals surface area contributed by atoms with Crippen molar-refractivity contribution in [1.82, 2.24) is 9.88 Å². The maximum Gasteiger partial charge on any atom is 0.305 e. The fourth-order valence-corrected chi connectivity index (χ4v) is 2.48. The fraction of sp³-hybridized carbons (Fsp3) is 0.615. The molecule has 0 fully saturated rings. The highest BCUT2D eigenvalue weighted by molar-refractivity contribution is 7.09. The predicted octanol–water partition coefficient (Wildman–Crippen LogP) is 1.96. The van der Waals surface area contributed by atoms with Crippen LogP contribution in [0.25, 0.3) is 0 Å². The maximum absolute atomic E-state index is 12.2. The van der Waals surface area contributed by atoms with Crippen LogP contribution in [0.5, 0.6) is 0 Å². The molecular formula is C13H20N2O3S. The van der Waals surface area contributed by atoms with Crippen LogP contribution in [-0.4, -0.2) is 39.5 Å². The first-order valence-electron chi connectivity index (χ1n) is 6.38. The van der Waals surface area contributed by atoms with Crippen molar-refractivity contribution >= 4 is 23.2 Å². The zero-order valence-corrected chi connectivity index (χ0v) is 12.4. The standard InChI is InChI=1S/C13H20N2O3S/c1-4-11-14-10(8-19-11)7-12(16)15(9(2)3)6-5-13(17)18/h8-9H,4-7H2,1-3H3,(H,17,18). The lowest BCUT2D eigenvalue weighted by atomic mass is 10.2. The number of thiazole rings is 1. The van der Waals surface area contributed by atoms with Crippen LogP contribution in [0.4, 0.5) is 0 Å². The summed E-state index contributed by atoms with van der Waals surface area (Å²) in [4.78, 5) is 28.7. The van der Waals surface area contributed by atoms with Gasteiger partial charge in [0.05, 0.1) is 23.5 Å². The van der Waals surface area contributed by atoms with Gasteiger partial charge in [-0.2, -0.15) is 0 Å². The predicted molar refractivity (Wildman–Crippen MR) is 74.3 cm³/mol. The Balaban J connectivity index is 2.63. The van der Waals surface area contributed by atoms with E-state index >= 15 is 0 Å². The number of amides is 1. The van der Waals surface area contributed by atoms with Crippen LogP contribution in [0.2, 0.25) is 0 Å². The van der Waals surface area contributed by atoms with E-state index in [0.717, 1.165) is 17.1 Å². The number of aryl methyl sites for hydroxylation is 1. The molecule has 0 radical (unpaired) electrons. The van der Waals surface area contributed by atoms with Gasteiger partial charge in [-0.3, -0.25) is 9.59 Å². The zero-order valence-electron chi connectivity index (χ0n) is 11.5. The Hall–Kier alpha value is -1.43. The topological polar surface area (TPSA) is 70.5 Å². The summed E-state index contributed by atoms with van der Waals surface area (Å²) in [6, 6.07) is -0.00358. The Kier molecular flexibility index (Phi) is 5.95. The van der Waals surface area contributed by atoms with Crippen LogP contribution in [0.1, 0.15) is 37.9 Å². The third-order valence-corrected chi connectivity index (χ3v) is 3.79. The zero-order chi connectivity index (χ0) is 14.4. The van der Waals surface area contributed by atoms with Crippen molar-refractivity contribution in [3.8, 4) is 0 Å². The quantitative estimate of drug-likeness (QED) is 0.831. The Morgan fingerprint density at radius 2 is 2.16 bits per heavy atom. The third-order valence-electron chi connectivity index (χ3n) is 2.74. The minimum absolute atomic E-state index is 0.00358. The van der Waals surface area contributed by atoms with Gasteiger partial charge in [0.25, 0.3) is 0 Å². The number of carbonyl (C=O) groups is 2. The first kappa shape index (κ1) is 15.6. The summed E-state index contributed by atoms with van der Waals surface area (Å²) in [5, 5.41) is 11.6. The monoisotopic (exact) mass is 284 g/mol. The molecular weight excluding hydrogens is 264 g/mol. The van der Waals surface area contributed by atoms with Crippen LogP contribution in [0, 0.1) is 0 Å². The van der Waals surface area contributed by atoms with E-state index < -0.39 is 5.97 Å². The number of hydrogen-bond donors (Lipinski definition) is 1. The number of nitrogens with zero attached hydrogens (tertiary/aromatic N) is 2. The second-order valence-corrected chi connectivity index (χ2v) is 5.53. The molecule has 1 aromatic heterocycles. The average molecular weight is 284 g/mol. The minimum atomic E-state index is -0.889. The Labute approximate surface area is 117 Å². The van der Waals surface area contributed by atoms with E-state index in [1.165, 1.54) is 0 Å². The molecule has 0 aromatic carbocycles. The molecule has 0 aliphatic rings. The lowest BCUT2D eigenvalue weighted by Crippen LogP contribution is -2.39. The summed E-state index contributed by atoms with van der Waals surface area (Å²) in [5.41, 5.74) is 0.771. The fourth-order valence-electron chi connectivity index (χ4n) is 1.74. The largest absolute Gasteiger partial charge is 0.481 e. The van der Waals surface area contributed by atoms with Crippen molar-refractivity contribution in [2.24, 2.45) is 0 Å². The smallest absolute Gasteiger partial charge is 0.305 e. The molecule has 0 bridgehead atoms. The van der Waals surface area contributed by atoms with E-state index in [1.807, 2.05) is 26.2 Å². The number of rotatable bonds is 7. The van der Waals surface area contributed by atoms with Gasteiger partial charge in [-0.15, -0.1) is 11.3 Å². The molecule has 0 spiro atoms. The maximum atomic E-state index is 12.2. The molecule has 1 amide bonds. The molecule has 0 aliphatic carbocycles. The van der Waals surface area contributed by atoms with E-state index in [4.69, 9.17) is 5.11 Å². The van der Waals surface area contributed by atoms with Gasteiger partial charge in [0.2, 0.25) is 5.91 Å². The van der Waals surface area contributed by atoms with Crippen molar-refractivity contribution < 1.29 is 14.7 Å². The molecule has 0 unspecified atom stereocenters. The average Bonchev–Trinajstić information content (AvgIpc) is 2.76. The Morgan fingerprint density at radius 3 is 2.63 bits per heavy atom. The first-order chi connectivity index (χ1) is 8.93. The highest BCUT2D eigenvalue weighted by Crippen LogP contribution is 2.12. The number of hydrogen-bond acceptors (Lipinski definition) is 4. The van der Waals surface area contributed by atoms with E-state index in [0.29, 0.717) is 0 Å². The minimum Gasteiger partial charge on any atom is -0.481 e. The van der Waals surface area contributed by atoms with Gasteiger partial charge in [0.15, 0.2) is 0 Å². The van der Waals surface area contributed by atoms with Gasteiger partial charge >= 0.3 is 5.97 Å². The summed E-state index contributed by atoms with van der Waals surface area (Å²) < 4.78 is 0. The molecule has 1 aromatic rings. The van der Waals surface area contributed by atoms with Gasteiger partial charge in [0.1, 0.15) is 0 Å². The van der Waals surface area contributed by atoms with Gasteiger partial charge < -0.3 is 10.0 Å². The lowest BCUT2D eigenvalue weighted by Gasteiger charge is -2.25. The summed E-state index contributed by atoms with van der Waals surface area (Å²) in [6.07, 6.45) is 1.08. The SMILES string of the molecule is CCc1nc(CC(=O)N(CCC(=O)O)C(C)C)cs1. The first-order valence-corrected chi connectivity index (χ1v) is 7.26. The second-order valence-electron chi connectivity index (χ2n) is 4.59. The summed E-state index contributed by atoms with van der Waals surface area (Å²) in [5.74, 6) is -0.954. The number of carboxylic acids is 1.